The molecule has 1 saturated heterocycles. The summed E-state index contributed by atoms with van der Waals surface area (Å²) in [6, 6.07) is 2.72. The summed E-state index contributed by atoms with van der Waals surface area (Å²) in [7, 11) is 0. The molecule has 152 valence electrons. The predicted molar refractivity (Wildman–Crippen MR) is 100 cm³/mol. The summed E-state index contributed by atoms with van der Waals surface area (Å²) in [6.07, 6.45) is -3.11. The molecular weight excluding hydrogens is 383 g/mol. The molecule has 1 unspecified atom stereocenters. The molecule has 2 amide bonds. The molecule has 1 aliphatic rings. The number of rotatable bonds is 6. The number of carbonyl (C=O) groups is 2. The molecule has 9 heteroatoms. The third-order valence-corrected chi connectivity index (χ3v) is 4.27. The van der Waals surface area contributed by atoms with Crippen LogP contribution in [0.15, 0.2) is 18.2 Å². The third kappa shape index (κ3) is 6.10. The fourth-order valence-corrected chi connectivity index (χ4v) is 3.03. The molecule has 1 aliphatic heterocycles. The molecule has 1 atom stereocenters. The minimum absolute atomic E-state index is 0. The molecule has 0 aromatic heterocycles. The van der Waals surface area contributed by atoms with Gasteiger partial charge in [-0.3, -0.25) is 9.59 Å². The van der Waals surface area contributed by atoms with Crippen LogP contribution in [0.5, 0.6) is 0 Å². The SMILES string of the molecule is CC(C)CC(CN)NC(=O)c1cc(N2CCCC2=O)cc(C(F)(F)F)c1.Cl. The molecule has 1 fully saturated rings. The average molecular weight is 408 g/mol. The molecule has 1 aromatic carbocycles. The summed E-state index contributed by atoms with van der Waals surface area (Å²) in [5.41, 5.74) is 4.67. The minimum atomic E-state index is -4.61. The largest absolute Gasteiger partial charge is 0.416 e. The maximum absolute atomic E-state index is 13.2. The predicted octanol–water partition coefficient (Wildman–Crippen LogP) is 3.36. The first-order valence-electron chi connectivity index (χ1n) is 8.65. The van der Waals surface area contributed by atoms with Crippen LogP contribution in [0.4, 0.5) is 18.9 Å². The zero-order valence-corrected chi connectivity index (χ0v) is 16.1. The molecular formula is C18H25ClF3N3O2. The lowest BCUT2D eigenvalue weighted by Gasteiger charge is -2.21. The van der Waals surface area contributed by atoms with Crippen molar-refractivity contribution in [2.45, 2.75) is 45.3 Å². The molecule has 27 heavy (non-hydrogen) atoms. The molecule has 1 aromatic rings. The van der Waals surface area contributed by atoms with E-state index in [0.29, 0.717) is 25.8 Å². The van der Waals surface area contributed by atoms with Crippen molar-refractivity contribution >= 4 is 29.9 Å². The van der Waals surface area contributed by atoms with Crippen molar-refractivity contribution in [2.24, 2.45) is 11.7 Å². The number of nitrogens with one attached hydrogen (secondary N) is 1. The van der Waals surface area contributed by atoms with E-state index in [9.17, 15) is 22.8 Å². The van der Waals surface area contributed by atoms with Gasteiger partial charge >= 0.3 is 6.18 Å². The van der Waals surface area contributed by atoms with Gasteiger partial charge in [0.2, 0.25) is 5.91 Å². The number of halogens is 4. The van der Waals surface area contributed by atoms with Crippen LogP contribution in [0, 0.1) is 5.92 Å². The van der Waals surface area contributed by atoms with Crippen LogP contribution in [0.3, 0.4) is 0 Å². The van der Waals surface area contributed by atoms with Crippen molar-refractivity contribution in [2.75, 3.05) is 18.0 Å². The van der Waals surface area contributed by atoms with Gasteiger partial charge in [0, 0.05) is 36.8 Å². The van der Waals surface area contributed by atoms with Crippen molar-refractivity contribution in [3.8, 4) is 0 Å². The number of amides is 2. The van der Waals surface area contributed by atoms with Gasteiger partial charge in [-0.25, -0.2) is 0 Å². The first kappa shape index (κ1) is 23.2. The van der Waals surface area contributed by atoms with Crippen molar-refractivity contribution in [1.29, 1.82) is 0 Å². The number of anilines is 1. The Hall–Kier alpha value is -1.80. The Kier molecular flexibility index (Phi) is 8.10. The van der Waals surface area contributed by atoms with Crippen molar-refractivity contribution < 1.29 is 22.8 Å². The van der Waals surface area contributed by atoms with Gasteiger partial charge in [0.05, 0.1) is 5.56 Å². The standard InChI is InChI=1S/C18H24F3N3O2.ClH/c1-11(2)6-14(10-22)23-17(26)12-7-13(18(19,20)21)9-15(8-12)24-5-3-4-16(24)25;/h7-9,11,14H,3-6,10,22H2,1-2H3,(H,23,26);1H. The Morgan fingerprint density at radius 2 is 1.96 bits per heavy atom. The van der Waals surface area contributed by atoms with Crippen LogP contribution in [-0.2, 0) is 11.0 Å². The first-order chi connectivity index (χ1) is 12.1. The monoisotopic (exact) mass is 407 g/mol. The van der Waals surface area contributed by atoms with E-state index < -0.39 is 17.6 Å². The van der Waals surface area contributed by atoms with Gasteiger partial charge in [0.25, 0.3) is 5.91 Å². The second-order valence-corrected chi connectivity index (χ2v) is 6.95. The number of nitrogens with zero attached hydrogens (tertiary/aromatic N) is 1. The molecule has 1 heterocycles. The van der Waals surface area contributed by atoms with Crippen LogP contribution in [0.1, 0.15) is 49.0 Å². The number of benzene rings is 1. The number of carbonyl (C=O) groups excluding carboxylic acids is 2. The highest BCUT2D eigenvalue weighted by Crippen LogP contribution is 2.34. The van der Waals surface area contributed by atoms with E-state index in [-0.39, 0.29) is 48.1 Å². The van der Waals surface area contributed by atoms with Gasteiger partial charge in [-0.05, 0) is 37.0 Å². The Morgan fingerprint density at radius 1 is 1.30 bits per heavy atom. The smallest absolute Gasteiger partial charge is 0.348 e. The lowest BCUT2D eigenvalue weighted by molar-refractivity contribution is -0.137. The summed E-state index contributed by atoms with van der Waals surface area (Å²) >= 11 is 0. The molecule has 3 N–H and O–H groups in total. The fraction of sp³-hybridized carbons (Fsp3) is 0.556. The molecule has 5 nitrogen and oxygen atoms in total. The molecule has 0 spiro atoms. The Bertz CT molecular complexity index is 680. The van der Waals surface area contributed by atoms with E-state index in [4.69, 9.17) is 5.73 Å². The number of nitrogens with two attached hydrogens (primary N) is 1. The second-order valence-electron chi connectivity index (χ2n) is 6.95. The Labute approximate surface area is 162 Å². The lowest BCUT2D eigenvalue weighted by Crippen LogP contribution is -2.41. The minimum Gasteiger partial charge on any atom is -0.348 e. The summed E-state index contributed by atoms with van der Waals surface area (Å²) < 4.78 is 39.7. The van der Waals surface area contributed by atoms with Gasteiger partial charge in [-0.1, -0.05) is 13.8 Å². The Morgan fingerprint density at radius 3 is 2.44 bits per heavy atom. The fourth-order valence-electron chi connectivity index (χ4n) is 3.03. The first-order valence-corrected chi connectivity index (χ1v) is 8.65. The molecule has 0 bridgehead atoms. The quantitative estimate of drug-likeness (QED) is 0.759. The topological polar surface area (TPSA) is 75.4 Å². The van der Waals surface area contributed by atoms with E-state index >= 15 is 0 Å². The van der Waals surface area contributed by atoms with Gasteiger partial charge < -0.3 is 16.0 Å². The van der Waals surface area contributed by atoms with Crippen LogP contribution in [-0.4, -0.2) is 30.9 Å². The Balaban J connectivity index is 0.00000364. The lowest BCUT2D eigenvalue weighted by atomic mass is 10.0. The van der Waals surface area contributed by atoms with E-state index in [0.717, 1.165) is 12.1 Å². The maximum atomic E-state index is 13.2. The average Bonchev–Trinajstić information content (AvgIpc) is 2.98. The number of alkyl halides is 3. The van der Waals surface area contributed by atoms with Gasteiger partial charge in [-0.15, -0.1) is 12.4 Å². The van der Waals surface area contributed by atoms with Crippen molar-refractivity contribution in [3.63, 3.8) is 0 Å². The maximum Gasteiger partial charge on any atom is 0.416 e. The van der Waals surface area contributed by atoms with Gasteiger partial charge in [0.15, 0.2) is 0 Å². The molecule has 0 radical (unpaired) electrons. The van der Waals surface area contributed by atoms with Crippen molar-refractivity contribution in [3.05, 3.63) is 29.3 Å². The van der Waals surface area contributed by atoms with Crippen LogP contribution in [0.25, 0.3) is 0 Å². The van der Waals surface area contributed by atoms with E-state index in [2.05, 4.69) is 5.32 Å². The number of hydrogen-bond donors (Lipinski definition) is 2. The second kappa shape index (κ2) is 9.41. The number of hydrogen-bond acceptors (Lipinski definition) is 3. The van der Waals surface area contributed by atoms with Crippen LogP contribution >= 0.6 is 12.4 Å². The van der Waals surface area contributed by atoms with E-state index in [1.165, 1.54) is 11.0 Å². The van der Waals surface area contributed by atoms with E-state index in [1.807, 2.05) is 13.8 Å². The zero-order chi connectivity index (χ0) is 19.5. The summed E-state index contributed by atoms with van der Waals surface area (Å²) in [4.78, 5) is 25.7. The van der Waals surface area contributed by atoms with Crippen LogP contribution in [0.2, 0.25) is 0 Å². The van der Waals surface area contributed by atoms with E-state index in [1.54, 1.807) is 0 Å². The summed E-state index contributed by atoms with van der Waals surface area (Å²) in [5.74, 6) is -0.585. The molecule has 0 saturated carbocycles. The highest BCUT2D eigenvalue weighted by Gasteiger charge is 2.33. The summed E-state index contributed by atoms with van der Waals surface area (Å²) in [6.45, 7) is 4.48. The highest BCUT2D eigenvalue weighted by molar-refractivity contribution is 5.99. The normalized spacial score (nSPS) is 15.7. The van der Waals surface area contributed by atoms with Gasteiger partial charge in [-0.2, -0.15) is 13.2 Å². The highest BCUT2D eigenvalue weighted by atomic mass is 35.5. The van der Waals surface area contributed by atoms with Gasteiger partial charge in [0.1, 0.15) is 0 Å². The van der Waals surface area contributed by atoms with Crippen LogP contribution < -0.4 is 16.0 Å². The molecule has 0 aliphatic carbocycles. The molecule has 2 rings (SSSR count). The van der Waals surface area contributed by atoms with Crippen molar-refractivity contribution in [1.82, 2.24) is 5.32 Å². The third-order valence-electron chi connectivity index (χ3n) is 4.27. The zero-order valence-electron chi connectivity index (χ0n) is 15.3. The summed E-state index contributed by atoms with van der Waals surface area (Å²) in [5, 5.41) is 2.69.